The van der Waals surface area contributed by atoms with Crippen molar-refractivity contribution in [2.75, 3.05) is 5.32 Å². The van der Waals surface area contributed by atoms with Gasteiger partial charge in [-0.15, -0.1) is 5.10 Å². The number of nitrogens with one attached hydrogen (secondary N) is 1. The first-order chi connectivity index (χ1) is 8.15. The number of hydrogen-bond acceptors (Lipinski definition) is 5. The largest absolute Gasteiger partial charge is 0.307 e. The lowest BCUT2D eigenvalue weighted by atomic mass is 10.5. The molecule has 2 aromatic heterocycles. The van der Waals surface area contributed by atoms with Gasteiger partial charge in [0.05, 0.1) is 12.4 Å². The number of aromatic nitrogens is 5. The molecule has 0 radical (unpaired) electrons. The molecule has 0 aliphatic carbocycles. The highest BCUT2D eigenvalue weighted by Gasteiger charge is 2.09. The molecule has 0 bridgehead atoms. The molecule has 1 N–H and O–H groups in total. The van der Waals surface area contributed by atoms with Crippen LogP contribution in [0.1, 0.15) is 0 Å². The quantitative estimate of drug-likeness (QED) is 0.888. The van der Waals surface area contributed by atoms with Gasteiger partial charge in [-0.25, -0.2) is 14.6 Å². The van der Waals surface area contributed by atoms with Crippen LogP contribution >= 0.6 is 31.9 Å². The van der Waals surface area contributed by atoms with Crippen LogP contribution in [0.25, 0.3) is 0 Å². The van der Waals surface area contributed by atoms with E-state index in [1.54, 1.807) is 6.20 Å². The van der Waals surface area contributed by atoms with E-state index in [1.165, 1.54) is 17.1 Å². The summed E-state index contributed by atoms with van der Waals surface area (Å²) in [5.74, 6) is 0.103. The Morgan fingerprint density at radius 1 is 1.47 bits per heavy atom. The first-order valence-electron chi connectivity index (χ1n) is 4.47. The Balaban J connectivity index is 2.03. The van der Waals surface area contributed by atoms with Crippen molar-refractivity contribution >= 4 is 43.6 Å². The monoisotopic (exact) mass is 360 g/mol. The van der Waals surface area contributed by atoms with Crippen molar-refractivity contribution in [2.24, 2.45) is 0 Å². The van der Waals surface area contributed by atoms with Crippen molar-refractivity contribution in [1.29, 1.82) is 0 Å². The van der Waals surface area contributed by atoms with Crippen LogP contribution in [0.3, 0.4) is 0 Å². The van der Waals surface area contributed by atoms with Gasteiger partial charge in [0.25, 0.3) is 0 Å². The summed E-state index contributed by atoms with van der Waals surface area (Å²) in [5, 5.41) is 9.89. The number of rotatable bonds is 3. The number of nitrogens with zero attached hydrogens (tertiary/aromatic N) is 5. The summed E-state index contributed by atoms with van der Waals surface area (Å²) in [5.41, 5.74) is 0. The number of hydrogen-bond donors (Lipinski definition) is 1. The van der Waals surface area contributed by atoms with Crippen molar-refractivity contribution < 1.29 is 4.79 Å². The van der Waals surface area contributed by atoms with Crippen LogP contribution in [0.5, 0.6) is 0 Å². The molecule has 1 amide bonds. The maximum absolute atomic E-state index is 11.6. The van der Waals surface area contributed by atoms with Gasteiger partial charge in [0.1, 0.15) is 15.8 Å². The van der Waals surface area contributed by atoms with Crippen LogP contribution in [-0.4, -0.2) is 30.9 Å². The van der Waals surface area contributed by atoms with Crippen molar-refractivity contribution in [3.8, 4) is 0 Å². The summed E-state index contributed by atoms with van der Waals surface area (Å²) in [6.07, 6.45) is 4.60. The number of amides is 1. The molecule has 0 aliphatic rings. The third-order valence-corrected chi connectivity index (χ3v) is 2.67. The Labute approximate surface area is 113 Å². The van der Waals surface area contributed by atoms with E-state index in [4.69, 9.17) is 0 Å². The predicted molar refractivity (Wildman–Crippen MR) is 66.1 cm³/mol. The molecule has 2 rings (SSSR count). The van der Waals surface area contributed by atoms with Crippen LogP contribution in [0, 0.1) is 0 Å². The van der Waals surface area contributed by atoms with Gasteiger partial charge < -0.3 is 5.32 Å². The molecule has 88 valence electrons. The lowest BCUT2D eigenvalue weighted by Crippen LogP contribution is -2.20. The summed E-state index contributed by atoms with van der Waals surface area (Å²) in [6.45, 7) is 0.0736. The molecule has 17 heavy (non-hydrogen) atoms. The van der Waals surface area contributed by atoms with Gasteiger partial charge in [-0.05, 0) is 31.9 Å². The molecule has 2 heterocycles. The Kier molecular flexibility index (Phi) is 3.79. The lowest BCUT2D eigenvalue weighted by molar-refractivity contribution is -0.117. The first kappa shape index (κ1) is 12.1. The van der Waals surface area contributed by atoms with Gasteiger partial charge in [0.15, 0.2) is 5.82 Å². The molecular weight excluding hydrogens is 356 g/mol. The molecular formula is C8H6Br2N6O. The zero-order valence-electron chi connectivity index (χ0n) is 8.34. The molecule has 0 saturated heterocycles. The molecule has 0 aromatic carbocycles. The van der Waals surface area contributed by atoms with Crippen molar-refractivity contribution in [1.82, 2.24) is 25.0 Å². The van der Waals surface area contributed by atoms with E-state index >= 15 is 0 Å². The van der Waals surface area contributed by atoms with Crippen LogP contribution in [0.4, 0.5) is 5.82 Å². The van der Waals surface area contributed by atoms with Crippen molar-refractivity contribution in [2.45, 2.75) is 6.54 Å². The van der Waals surface area contributed by atoms with Crippen LogP contribution in [-0.2, 0) is 11.3 Å². The third-order valence-electron chi connectivity index (χ3n) is 1.74. The molecule has 0 spiro atoms. The Morgan fingerprint density at radius 2 is 2.29 bits per heavy atom. The Morgan fingerprint density at radius 3 is 2.94 bits per heavy atom. The van der Waals surface area contributed by atoms with E-state index in [2.05, 4.69) is 57.5 Å². The van der Waals surface area contributed by atoms with Gasteiger partial charge in [-0.2, -0.15) is 0 Å². The van der Waals surface area contributed by atoms with E-state index in [0.717, 1.165) is 0 Å². The maximum Gasteiger partial charge on any atom is 0.247 e. The zero-order valence-corrected chi connectivity index (χ0v) is 11.5. The highest BCUT2D eigenvalue weighted by molar-refractivity contribution is 9.11. The molecule has 0 unspecified atom stereocenters. The summed E-state index contributed by atoms with van der Waals surface area (Å²) >= 11 is 6.37. The topological polar surface area (TPSA) is 85.6 Å². The maximum atomic E-state index is 11.6. The Bertz CT molecular complexity index is 529. The van der Waals surface area contributed by atoms with E-state index in [0.29, 0.717) is 15.0 Å². The van der Waals surface area contributed by atoms with E-state index in [9.17, 15) is 4.79 Å². The standard InChI is InChI=1S/C8H6Br2N6O/c9-5-3-11-8(7(10)13-5)14-6(17)4-16-2-1-12-15-16/h1-3H,4H2,(H,11,14,17). The van der Waals surface area contributed by atoms with Crippen LogP contribution in [0.2, 0.25) is 0 Å². The number of halogens is 2. The van der Waals surface area contributed by atoms with E-state index in [1.807, 2.05) is 0 Å². The highest BCUT2D eigenvalue weighted by atomic mass is 79.9. The molecule has 9 heteroatoms. The normalized spacial score (nSPS) is 10.2. The SMILES string of the molecule is O=C(Cn1ccnn1)Nc1ncc(Br)nc1Br. The van der Waals surface area contributed by atoms with Crippen molar-refractivity contribution in [3.05, 3.63) is 27.8 Å². The molecule has 0 aliphatic heterocycles. The minimum absolute atomic E-state index is 0.0736. The van der Waals surface area contributed by atoms with Crippen LogP contribution < -0.4 is 5.32 Å². The molecule has 0 atom stereocenters. The van der Waals surface area contributed by atoms with Gasteiger partial charge in [0.2, 0.25) is 5.91 Å². The lowest BCUT2D eigenvalue weighted by Gasteiger charge is -2.05. The molecule has 0 saturated carbocycles. The summed E-state index contributed by atoms with van der Waals surface area (Å²) in [4.78, 5) is 19.7. The van der Waals surface area contributed by atoms with Gasteiger partial charge in [-0.1, -0.05) is 5.21 Å². The third kappa shape index (κ3) is 3.30. The molecule has 0 fully saturated rings. The summed E-state index contributed by atoms with van der Waals surface area (Å²) in [6, 6.07) is 0. The second kappa shape index (κ2) is 5.32. The smallest absolute Gasteiger partial charge is 0.247 e. The first-order valence-corrected chi connectivity index (χ1v) is 6.06. The Hall–Kier alpha value is -1.35. The fourth-order valence-corrected chi connectivity index (χ4v) is 1.98. The van der Waals surface area contributed by atoms with E-state index in [-0.39, 0.29) is 12.5 Å². The second-order valence-electron chi connectivity index (χ2n) is 2.98. The van der Waals surface area contributed by atoms with Crippen molar-refractivity contribution in [3.63, 3.8) is 0 Å². The molecule has 2 aromatic rings. The zero-order chi connectivity index (χ0) is 12.3. The minimum Gasteiger partial charge on any atom is -0.307 e. The number of carbonyl (C=O) groups is 1. The van der Waals surface area contributed by atoms with Gasteiger partial charge in [-0.3, -0.25) is 4.79 Å². The average molecular weight is 362 g/mol. The fraction of sp³-hybridized carbons (Fsp3) is 0.125. The fourth-order valence-electron chi connectivity index (χ4n) is 1.07. The summed E-state index contributed by atoms with van der Waals surface area (Å²) < 4.78 is 2.45. The molecule has 7 nitrogen and oxygen atoms in total. The number of carbonyl (C=O) groups excluding carboxylic acids is 1. The van der Waals surface area contributed by atoms with E-state index < -0.39 is 0 Å². The average Bonchev–Trinajstić information content (AvgIpc) is 2.75. The van der Waals surface area contributed by atoms with Crippen LogP contribution in [0.15, 0.2) is 27.8 Å². The predicted octanol–water partition coefficient (Wildman–Crippen LogP) is 1.23. The second-order valence-corrected chi connectivity index (χ2v) is 4.54. The van der Waals surface area contributed by atoms with Gasteiger partial charge >= 0.3 is 0 Å². The van der Waals surface area contributed by atoms with Gasteiger partial charge in [0, 0.05) is 6.20 Å². The number of anilines is 1. The highest BCUT2D eigenvalue weighted by Crippen LogP contribution is 2.19. The minimum atomic E-state index is -0.257. The summed E-state index contributed by atoms with van der Waals surface area (Å²) in [7, 11) is 0.